The van der Waals surface area contributed by atoms with E-state index in [1.54, 1.807) is 0 Å². The molecule has 1 aromatic heterocycles. The van der Waals surface area contributed by atoms with Gasteiger partial charge in [-0.3, -0.25) is 0 Å². The van der Waals surface area contributed by atoms with Gasteiger partial charge in [0.15, 0.2) is 8.80 Å². The maximum absolute atomic E-state index is 6.45. The predicted octanol–water partition coefficient (Wildman–Crippen LogP) is 10.7. The van der Waals surface area contributed by atoms with Crippen LogP contribution in [0, 0.1) is 0 Å². The van der Waals surface area contributed by atoms with E-state index in [1.165, 1.54) is 47.6 Å². The van der Waals surface area contributed by atoms with E-state index in [2.05, 4.69) is 193 Å². The topological polar surface area (TPSA) is 16.4 Å². The second kappa shape index (κ2) is 12.0. The Bertz CT molecular complexity index is 2800. The number of benzene rings is 8. The summed E-state index contributed by atoms with van der Waals surface area (Å²) in [7, 11) is -1.37. The van der Waals surface area contributed by atoms with Gasteiger partial charge >= 0.3 is 0 Å². The Balaban J connectivity index is 1.23. The monoisotopic (exact) mass is 710 g/mol. The average Bonchev–Trinajstić information content (AvgIpc) is 3.60. The Labute approximate surface area is 314 Å². The molecule has 0 aliphatic carbocycles. The number of furan rings is 1. The molecule has 8 aromatic carbocycles. The fourth-order valence-electron chi connectivity index (χ4n) is 8.89. The van der Waals surface area contributed by atoms with E-state index >= 15 is 0 Å². The van der Waals surface area contributed by atoms with Crippen LogP contribution in [-0.4, -0.2) is 8.80 Å². The third kappa shape index (κ3) is 4.53. The minimum absolute atomic E-state index is 0.506. The number of rotatable bonds is 4. The highest BCUT2D eigenvalue weighted by Crippen LogP contribution is 2.56. The minimum Gasteiger partial charge on any atom is -0.456 e. The lowest BCUT2D eigenvalue weighted by atomic mass is 9.64. The quantitative estimate of drug-likeness (QED) is 0.169. The van der Waals surface area contributed by atoms with Gasteiger partial charge in [0, 0.05) is 43.7 Å². The molecule has 0 saturated heterocycles. The standard InChI is InChI=1S/C49H32NOSSi/c1-3-15-33(16-4-1)50(35-27-29-38-37-19-7-11-23-43(37)51-44(38)32-35)34-28-30-48-42(31-34)49(39-20-8-12-24-45(39)52-46-25-13-9-21-40(46)49)41-22-10-14-26-47(41)53(48)36-17-5-2-6-18-36/h1-32H. The normalized spacial score (nSPS) is 14.0. The Hall–Kier alpha value is -6.07. The van der Waals surface area contributed by atoms with Crippen LogP contribution in [0.4, 0.5) is 17.1 Å². The first kappa shape index (κ1) is 30.5. The van der Waals surface area contributed by atoms with Crippen molar-refractivity contribution in [1.29, 1.82) is 0 Å². The van der Waals surface area contributed by atoms with Gasteiger partial charge in [0.1, 0.15) is 11.2 Å². The van der Waals surface area contributed by atoms with Crippen LogP contribution >= 0.6 is 11.8 Å². The van der Waals surface area contributed by atoms with E-state index in [1.807, 2.05) is 17.8 Å². The third-order valence-corrected chi connectivity index (χ3v) is 15.0. The van der Waals surface area contributed by atoms with Crippen LogP contribution in [0.2, 0.25) is 0 Å². The van der Waals surface area contributed by atoms with Gasteiger partial charge in [-0.1, -0.05) is 150 Å². The van der Waals surface area contributed by atoms with Crippen molar-refractivity contribution in [2.75, 3.05) is 4.90 Å². The summed E-state index contributed by atoms with van der Waals surface area (Å²) in [5.41, 5.74) is 9.99. The van der Waals surface area contributed by atoms with Crippen LogP contribution in [-0.2, 0) is 5.41 Å². The molecule has 11 rings (SSSR count). The second-order valence-corrected chi connectivity index (χ2v) is 17.3. The van der Waals surface area contributed by atoms with Crippen LogP contribution in [0.3, 0.4) is 0 Å². The van der Waals surface area contributed by atoms with Crippen molar-refractivity contribution in [2.45, 2.75) is 15.2 Å². The fourth-order valence-corrected chi connectivity index (χ4v) is 13.1. The molecule has 2 aliphatic heterocycles. The third-order valence-electron chi connectivity index (χ3n) is 11.0. The van der Waals surface area contributed by atoms with E-state index in [0.717, 1.165) is 39.0 Å². The van der Waals surface area contributed by atoms with Crippen molar-refractivity contribution in [3.05, 3.63) is 216 Å². The lowest BCUT2D eigenvalue weighted by molar-refractivity contribution is 0.669. The molecule has 0 N–H and O–H groups in total. The Kier molecular flexibility index (Phi) is 6.91. The van der Waals surface area contributed by atoms with Crippen molar-refractivity contribution in [3.63, 3.8) is 0 Å². The molecule has 3 heterocycles. The first-order chi connectivity index (χ1) is 26.3. The van der Waals surface area contributed by atoms with E-state index < -0.39 is 14.2 Å². The zero-order chi connectivity index (χ0) is 34.9. The number of para-hydroxylation sites is 2. The summed E-state index contributed by atoms with van der Waals surface area (Å²) >= 11 is 1.89. The lowest BCUT2D eigenvalue weighted by Gasteiger charge is -2.48. The number of fused-ring (bicyclic) bond motifs is 11. The summed E-state index contributed by atoms with van der Waals surface area (Å²) in [6.07, 6.45) is 0. The zero-order valence-electron chi connectivity index (χ0n) is 28.7. The molecule has 0 fully saturated rings. The van der Waals surface area contributed by atoms with Crippen molar-refractivity contribution in [2.24, 2.45) is 0 Å². The van der Waals surface area contributed by atoms with Gasteiger partial charge in [0.2, 0.25) is 0 Å². The molecule has 249 valence electrons. The van der Waals surface area contributed by atoms with Crippen molar-refractivity contribution >= 4 is 75.1 Å². The number of anilines is 3. The van der Waals surface area contributed by atoms with Crippen LogP contribution < -0.4 is 20.5 Å². The summed E-state index contributed by atoms with van der Waals surface area (Å²) in [4.78, 5) is 5.01. The van der Waals surface area contributed by atoms with Crippen LogP contribution in [0.5, 0.6) is 0 Å². The summed E-state index contributed by atoms with van der Waals surface area (Å²) in [6.45, 7) is 0. The summed E-state index contributed by atoms with van der Waals surface area (Å²) in [5, 5.41) is 6.55. The molecule has 0 unspecified atom stereocenters. The molecule has 0 saturated carbocycles. The Morgan fingerprint density at radius 3 is 1.75 bits per heavy atom. The van der Waals surface area contributed by atoms with Crippen molar-refractivity contribution in [3.8, 4) is 0 Å². The second-order valence-electron chi connectivity index (χ2n) is 13.8. The molecule has 53 heavy (non-hydrogen) atoms. The highest BCUT2D eigenvalue weighted by Gasteiger charge is 2.51. The SMILES string of the molecule is c1ccc(N(c2ccc3c(c2)C2(c4ccccc4Sc4ccccc42)c2ccccc2[Si]3c2ccccc2)c2ccc3c(c2)oc2ccccc23)cc1. The highest BCUT2D eigenvalue weighted by atomic mass is 32.2. The van der Waals surface area contributed by atoms with Crippen molar-refractivity contribution < 1.29 is 4.42 Å². The molecule has 0 amide bonds. The number of hydrogen-bond donors (Lipinski definition) is 0. The van der Waals surface area contributed by atoms with Gasteiger partial charge in [-0.2, -0.15) is 0 Å². The zero-order valence-corrected chi connectivity index (χ0v) is 30.6. The number of nitrogens with zero attached hydrogens (tertiary/aromatic N) is 1. The van der Waals surface area contributed by atoms with Crippen LogP contribution in [0.25, 0.3) is 21.9 Å². The van der Waals surface area contributed by atoms with Gasteiger partial charge in [-0.05, 0) is 87.2 Å². The largest absolute Gasteiger partial charge is 0.456 e. The summed E-state index contributed by atoms with van der Waals surface area (Å²) in [6, 6.07) is 71.7. The molecule has 9 aromatic rings. The van der Waals surface area contributed by atoms with Gasteiger partial charge < -0.3 is 9.32 Å². The maximum Gasteiger partial charge on any atom is 0.155 e. The van der Waals surface area contributed by atoms with Crippen LogP contribution in [0.15, 0.2) is 208 Å². The molecule has 2 nitrogen and oxygen atoms in total. The summed E-state index contributed by atoms with van der Waals surface area (Å²) < 4.78 is 6.45. The maximum atomic E-state index is 6.45. The smallest absolute Gasteiger partial charge is 0.155 e. The molecular weight excluding hydrogens is 679 g/mol. The highest BCUT2D eigenvalue weighted by molar-refractivity contribution is 7.99. The lowest BCUT2D eigenvalue weighted by Crippen LogP contribution is -2.62. The van der Waals surface area contributed by atoms with E-state index in [0.29, 0.717) is 0 Å². The van der Waals surface area contributed by atoms with E-state index in [4.69, 9.17) is 4.42 Å². The molecule has 2 aliphatic rings. The Morgan fingerprint density at radius 1 is 0.415 bits per heavy atom. The first-order valence-corrected chi connectivity index (χ1v) is 20.4. The van der Waals surface area contributed by atoms with Gasteiger partial charge in [0.25, 0.3) is 0 Å². The van der Waals surface area contributed by atoms with Gasteiger partial charge in [-0.15, -0.1) is 0 Å². The summed E-state index contributed by atoms with van der Waals surface area (Å²) in [5.74, 6) is 0. The van der Waals surface area contributed by atoms with Crippen molar-refractivity contribution in [1.82, 2.24) is 0 Å². The molecule has 1 spiro atoms. The van der Waals surface area contributed by atoms with Crippen LogP contribution in [0.1, 0.15) is 22.3 Å². The first-order valence-electron chi connectivity index (χ1n) is 18.1. The molecular formula is C49H32NOSSi. The van der Waals surface area contributed by atoms with E-state index in [9.17, 15) is 0 Å². The predicted molar refractivity (Wildman–Crippen MR) is 222 cm³/mol. The fraction of sp³-hybridized carbons (Fsp3) is 0.0204. The molecule has 0 atom stereocenters. The average molecular weight is 711 g/mol. The minimum atomic E-state index is -1.37. The van der Waals surface area contributed by atoms with Gasteiger partial charge in [-0.25, -0.2) is 0 Å². The molecule has 1 radical (unpaired) electrons. The number of hydrogen-bond acceptors (Lipinski definition) is 3. The van der Waals surface area contributed by atoms with E-state index in [-0.39, 0.29) is 0 Å². The molecule has 0 bridgehead atoms. The van der Waals surface area contributed by atoms with Gasteiger partial charge in [0.05, 0.1) is 5.41 Å². The Morgan fingerprint density at radius 2 is 0.981 bits per heavy atom. The molecule has 4 heteroatoms.